The Bertz CT molecular complexity index is 407. The monoisotopic (exact) mass is 312 g/mol. The Morgan fingerprint density at radius 1 is 1.32 bits per heavy atom. The lowest BCUT2D eigenvalue weighted by atomic mass is 9.82. The number of carbonyl (C=O) groups is 2. The molecule has 1 saturated carbocycles. The van der Waals surface area contributed by atoms with Crippen molar-refractivity contribution in [3.8, 4) is 0 Å². The molecule has 0 spiro atoms. The predicted octanol–water partition coefficient (Wildman–Crippen LogP) is 0.811. The summed E-state index contributed by atoms with van der Waals surface area (Å²) in [5.74, 6) is -0.443. The number of likely N-dealkylation sites (tertiary alicyclic amines) is 1. The molecule has 1 aliphatic heterocycles. The quantitative estimate of drug-likeness (QED) is 0.785. The minimum Gasteiger partial charge on any atom is -0.389 e. The van der Waals surface area contributed by atoms with E-state index < -0.39 is 5.60 Å². The molecule has 0 unspecified atom stereocenters. The average molecular weight is 312 g/mol. The Morgan fingerprint density at radius 2 is 2.00 bits per heavy atom. The summed E-state index contributed by atoms with van der Waals surface area (Å²) in [5.41, 5.74) is 4.45. The standard InChI is InChI=1S/C16H28N2O4/c1-22-13-5-8-18(11-12(13)9-14(17)19)15(20)10-16(21)6-3-2-4-7-16/h12-13,21H,2-11H2,1H3,(H2,17,19)/t12-,13-/m1/s1. The third-order valence-electron chi connectivity index (χ3n) is 5.05. The Balaban J connectivity index is 1.93. The summed E-state index contributed by atoms with van der Waals surface area (Å²) in [6.45, 7) is 1.10. The molecule has 0 aromatic rings. The smallest absolute Gasteiger partial charge is 0.225 e. The van der Waals surface area contributed by atoms with Crippen LogP contribution in [0.2, 0.25) is 0 Å². The first-order valence-electron chi connectivity index (χ1n) is 8.25. The van der Waals surface area contributed by atoms with E-state index in [2.05, 4.69) is 0 Å². The van der Waals surface area contributed by atoms with Gasteiger partial charge in [0.25, 0.3) is 0 Å². The molecule has 1 saturated heterocycles. The van der Waals surface area contributed by atoms with Crippen LogP contribution in [0.4, 0.5) is 0 Å². The maximum Gasteiger partial charge on any atom is 0.225 e. The summed E-state index contributed by atoms with van der Waals surface area (Å²) in [6, 6.07) is 0. The van der Waals surface area contributed by atoms with Gasteiger partial charge in [0, 0.05) is 32.5 Å². The lowest BCUT2D eigenvalue weighted by Crippen LogP contribution is -2.49. The Hall–Kier alpha value is -1.14. The van der Waals surface area contributed by atoms with Crippen LogP contribution in [0.25, 0.3) is 0 Å². The van der Waals surface area contributed by atoms with Crippen molar-refractivity contribution in [1.29, 1.82) is 0 Å². The highest BCUT2D eigenvalue weighted by molar-refractivity contribution is 5.78. The van der Waals surface area contributed by atoms with Crippen molar-refractivity contribution in [2.45, 2.75) is 63.1 Å². The van der Waals surface area contributed by atoms with Gasteiger partial charge in [-0.15, -0.1) is 0 Å². The predicted molar refractivity (Wildman–Crippen MR) is 81.9 cm³/mol. The topological polar surface area (TPSA) is 92.9 Å². The fraction of sp³-hybridized carbons (Fsp3) is 0.875. The van der Waals surface area contributed by atoms with Gasteiger partial charge in [0.1, 0.15) is 0 Å². The molecule has 0 radical (unpaired) electrons. The molecule has 6 heteroatoms. The highest BCUT2D eigenvalue weighted by Crippen LogP contribution is 2.32. The van der Waals surface area contributed by atoms with Crippen LogP contribution in [0, 0.1) is 5.92 Å². The number of piperidine rings is 1. The summed E-state index contributed by atoms with van der Waals surface area (Å²) in [4.78, 5) is 25.5. The van der Waals surface area contributed by atoms with Crippen LogP contribution >= 0.6 is 0 Å². The van der Waals surface area contributed by atoms with E-state index >= 15 is 0 Å². The molecule has 126 valence electrons. The minimum atomic E-state index is -0.841. The van der Waals surface area contributed by atoms with Crippen molar-refractivity contribution in [3.05, 3.63) is 0 Å². The molecule has 2 amide bonds. The van der Waals surface area contributed by atoms with Gasteiger partial charge < -0.3 is 20.5 Å². The molecule has 0 bridgehead atoms. The SMILES string of the molecule is CO[C@@H]1CCN(C(=O)CC2(O)CCCCC2)C[C@H]1CC(N)=O. The molecule has 2 atom stereocenters. The first-order valence-corrected chi connectivity index (χ1v) is 8.25. The van der Waals surface area contributed by atoms with Crippen LogP contribution in [0.5, 0.6) is 0 Å². The van der Waals surface area contributed by atoms with Gasteiger partial charge in [-0.25, -0.2) is 0 Å². The van der Waals surface area contributed by atoms with Gasteiger partial charge in [-0.05, 0) is 19.3 Å². The summed E-state index contributed by atoms with van der Waals surface area (Å²) in [5, 5.41) is 10.5. The van der Waals surface area contributed by atoms with E-state index in [4.69, 9.17) is 10.5 Å². The Labute approximate surface area is 132 Å². The van der Waals surface area contributed by atoms with E-state index in [0.29, 0.717) is 32.4 Å². The van der Waals surface area contributed by atoms with Gasteiger partial charge in [0.15, 0.2) is 0 Å². The number of ether oxygens (including phenoxy) is 1. The second-order valence-corrected chi connectivity index (χ2v) is 6.79. The third kappa shape index (κ3) is 4.43. The lowest BCUT2D eigenvalue weighted by Gasteiger charge is -2.39. The van der Waals surface area contributed by atoms with Gasteiger partial charge >= 0.3 is 0 Å². The van der Waals surface area contributed by atoms with Gasteiger partial charge in [-0.1, -0.05) is 19.3 Å². The second kappa shape index (κ2) is 7.42. The minimum absolute atomic E-state index is 0.0200. The van der Waals surface area contributed by atoms with Crippen molar-refractivity contribution in [2.75, 3.05) is 20.2 Å². The van der Waals surface area contributed by atoms with Crippen LogP contribution < -0.4 is 5.73 Å². The van der Waals surface area contributed by atoms with E-state index in [1.54, 1.807) is 12.0 Å². The number of aliphatic hydroxyl groups is 1. The van der Waals surface area contributed by atoms with Crippen LogP contribution in [0.1, 0.15) is 51.4 Å². The number of methoxy groups -OCH3 is 1. The van der Waals surface area contributed by atoms with Gasteiger partial charge in [-0.3, -0.25) is 9.59 Å². The molecule has 1 heterocycles. The van der Waals surface area contributed by atoms with Crippen LogP contribution in [-0.2, 0) is 14.3 Å². The molecular weight excluding hydrogens is 284 g/mol. The van der Waals surface area contributed by atoms with Crippen molar-refractivity contribution < 1.29 is 19.4 Å². The molecular formula is C16H28N2O4. The zero-order valence-electron chi connectivity index (χ0n) is 13.4. The number of hydrogen-bond donors (Lipinski definition) is 2. The van der Waals surface area contributed by atoms with Gasteiger partial charge in [0.2, 0.25) is 11.8 Å². The second-order valence-electron chi connectivity index (χ2n) is 6.79. The van der Waals surface area contributed by atoms with E-state index in [-0.39, 0.29) is 36.7 Å². The fourth-order valence-corrected chi connectivity index (χ4v) is 3.78. The molecule has 6 nitrogen and oxygen atoms in total. The zero-order valence-corrected chi connectivity index (χ0v) is 13.4. The van der Waals surface area contributed by atoms with Crippen LogP contribution in [0.3, 0.4) is 0 Å². The number of carbonyl (C=O) groups excluding carboxylic acids is 2. The van der Waals surface area contributed by atoms with Crippen LogP contribution in [-0.4, -0.2) is 53.7 Å². The summed E-state index contributed by atoms with van der Waals surface area (Å²) < 4.78 is 5.41. The van der Waals surface area contributed by atoms with Crippen molar-refractivity contribution in [2.24, 2.45) is 11.7 Å². The number of nitrogens with zero attached hydrogens (tertiary/aromatic N) is 1. The van der Waals surface area contributed by atoms with Gasteiger partial charge in [-0.2, -0.15) is 0 Å². The first-order chi connectivity index (χ1) is 10.4. The molecule has 0 aromatic carbocycles. The molecule has 22 heavy (non-hydrogen) atoms. The van der Waals surface area contributed by atoms with Crippen LogP contribution in [0.15, 0.2) is 0 Å². The first kappa shape index (κ1) is 17.2. The van der Waals surface area contributed by atoms with E-state index in [9.17, 15) is 14.7 Å². The normalized spacial score (nSPS) is 28.4. The Kier molecular flexibility index (Phi) is 5.81. The van der Waals surface area contributed by atoms with Gasteiger partial charge in [0.05, 0.1) is 18.1 Å². The number of hydrogen-bond acceptors (Lipinski definition) is 4. The van der Waals surface area contributed by atoms with E-state index in [1.807, 2.05) is 0 Å². The van der Waals surface area contributed by atoms with E-state index in [0.717, 1.165) is 19.3 Å². The average Bonchev–Trinajstić information content (AvgIpc) is 2.46. The number of nitrogens with two attached hydrogens (primary N) is 1. The lowest BCUT2D eigenvalue weighted by molar-refractivity contribution is -0.143. The summed E-state index contributed by atoms with van der Waals surface area (Å²) in [6.07, 6.45) is 5.61. The Morgan fingerprint density at radius 3 is 2.59 bits per heavy atom. The summed E-state index contributed by atoms with van der Waals surface area (Å²) in [7, 11) is 1.63. The maximum absolute atomic E-state index is 12.5. The largest absolute Gasteiger partial charge is 0.389 e. The number of rotatable bonds is 5. The molecule has 0 aromatic heterocycles. The molecule has 1 aliphatic carbocycles. The third-order valence-corrected chi connectivity index (χ3v) is 5.05. The number of amides is 2. The van der Waals surface area contributed by atoms with Crippen molar-refractivity contribution in [3.63, 3.8) is 0 Å². The fourth-order valence-electron chi connectivity index (χ4n) is 3.78. The molecule has 3 N–H and O–H groups in total. The summed E-state index contributed by atoms with van der Waals surface area (Å²) >= 11 is 0. The van der Waals surface area contributed by atoms with Crippen molar-refractivity contribution >= 4 is 11.8 Å². The van der Waals surface area contributed by atoms with E-state index in [1.165, 1.54) is 0 Å². The zero-order chi connectivity index (χ0) is 16.2. The molecule has 2 fully saturated rings. The molecule has 2 aliphatic rings. The molecule has 2 rings (SSSR count). The van der Waals surface area contributed by atoms with Crippen molar-refractivity contribution in [1.82, 2.24) is 4.90 Å². The maximum atomic E-state index is 12.5. The highest BCUT2D eigenvalue weighted by atomic mass is 16.5. The highest BCUT2D eigenvalue weighted by Gasteiger charge is 2.37. The number of primary amides is 1.